The first kappa shape index (κ1) is 20.7. The first-order valence-corrected chi connectivity index (χ1v) is 9.99. The summed E-state index contributed by atoms with van der Waals surface area (Å²) in [6.07, 6.45) is 1.13. The lowest BCUT2D eigenvalue weighted by Gasteiger charge is -2.30. The molecule has 0 atom stereocenters. The summed E-state index contributed by atoms with van der Waals surface area (Å²) in [5, 5.41) is 2.89. The van der Waals surface area contributed by atoms with Gasteiger partial charge in [0, 0.05) is 18.7 Å². The Morgan fingerprint density at radius 1 is 1.21 bits per heavy atom. The highest BCUT2D eigenvalue weighted by Crippen LogP contribution is 2.34. The molecule has 1 heterocycles. The van der Waals surface area contributed by atoms with Gasteiger partial charge in [0.2, 0.25) is 5.91 Å². The lowest BCUT2D eigenvalue weighted by Crippen LogP contribution is -2.39. The molecule has 2 amide bonds. The van der Waals surface area contributed by atoms with Gasteiger partial charge in [0.05, 0.1) is 12.3 Å². The maximum absolute atomic E-state index is 12.4. The van der Waals surface area contributed by atoms with Crippen molar-refractivity contribution in [3.63, 3.8) is 0 Å². The van der Waals surface area contributed by atoms with E-state index in [4.69, 9.17) is 9.47 Å². The summed E-state index contributed by atoms with van der Waals surface area (Å²) >= 11 is 0. The Bertz CT molecular complexity index is 862. The van der Waals surface area contributed by atoms with Crippen LogP contribution in [-0.2, 0) is 9.59 Å². The van der Waals surface area contributed by atoms with E-state index in [-0.39, 0.29) is 24.3 Å². The number of aryl methyl sites for hydroxylation is 1. The molecule has 1 N–H and O–H groups in total. The van der Waals surface area contributed by atoms with E-state index in [2.05, 4.69) is 5.32 Å². The standard InChI is InChI=1S/C23H28N2O4/c1-16(2)13-22(26)24-18-7-10-21-20(14-18)25(23(27)15-29-21)11-4-12-28-19-8-5-17(3)6-9-19/h5-10,14,16H,4,11-13,15H2,1-3H3,(H,24,26). The number of ether oxygens (including phenoxy) is 2. The summed E-state index contributed by atoms with van der Waals surface area (Å²) in [6.45, 7) is 7.08. The summed E-state index contributed by atoms with van der Waals surface area (Å²) in [7, 11) is 0. The van der Waals surface area contributed by atoms with Crippen LogP contribution >= 0.6 is 0 Å². The van der Waals surface area contributed by atoms with Gasteiger partial charge in [-0.25, -0.2) is 0 Å². The number of anilines is 2. The van der Waals surface area contributed by atoms with Crippen molar-refractivity contribution < 1.29 is 19.1 Å². The molecule has 0 radical (unpaired) electrons. The summed E-state index contributed by atoms with van der Waals surface area (Å²) in [6, 6.07) is 13.3. The maximum atomic E-state index is 12.4. The van der Waals surface area contributed by atoms with Crippen LogP contribution in [0.15, 0.2) is 42.5 Å². The Hall–Kier alpha value is -3.02. The molecule has 0 bridgehead atoms. The number of nitrogens with one attached hydrogen (secondary N) is 1. The molecule has 2 aromatic carbocycles. The van der Waals surface area contributed by atoms with E-state index in [0.29, 0.717) is 43.1 Å². The summed E-state index contributed by atoms with van der Waals surface area (Å²) in [5.41, 5.74) is 2.52. The zero-order valence-electron chi connectivity index (χ0n) is 17.2. The molecule has 0 aliphatic carbocycles. The third-order valence-corrected chi connectivity index (χ3v) is 4.60. The highest BCUT2D eigenvalue weighted by atomic mass is 16.5. The van der Waals surface area contributed by atoms with Crippen molar-refractivity contribution in [2.45, 2.75) is 33.6 Å². The third-order valence-electron chi connectivity index (χ3n) is 4.60. The number of carbonyl (C=O) groups is 2. The Labute approximate surface area is 171 Å². The van der Waals surface area contributed by atoms with Crippen molar-refractivity contribution in [1.82, 2.24) is 0 Å². The van der Waals surface area contributed by atoms with Gasteiger partial charge in [-0.1, -0.05) is 31.5 Å². The molecular weight excluding hydrogens is 368 g/mol. The molecule has 0 saturated carbocycles. The van der Waals surface area contributed by atoms with E-state index in [1.54, 1.807) is 23.1 Å². The van der Waals surface area contributed by atoms with E-state index in [9.17, 15) is 9.59 Å². The number of benzene rings is 2. The summed E-state index contributed by atoms with van der Waals surface area (Å²) in [5.74, 6) is 1.60. The molecule has 0 aromatic heterocycles. The molecule has 1 aliphatic heterocycles. The molecule has 1 aliphatic rings. The molecule has 2 aromatic rings. The van der Waals surface area contributed by atoms with Gasteiger partial charge in [-0.05, 0) is 49.6 Å². The van der Waals surface area contributed by atoms with Crippen LogP contribution in [0.2, 0.25) is 0 Å². The number of rotatable bonds is 8. The van der Waals surface area contributed by atoms with Gasteiger partial charge < -0.3 is 19.7 Å². The Kier molecular flexibility index (Phi) is 6.75. The van der Waals surface area contributed by atoms with Crippen molar-refractivity contribution in [2.75, 3.05) is 30.0 Å². The SMILES string of the molecule is Cc1ccc(OCCCN2C(=O)COc3ccc(NC(=O)CC(C)C)cc32)cc1. The molecule has 3 rings (SSSR count). The Morgan fingerprint density at radius 2 is 1.97 bits per heavy atom. The molecule has 6 heteroatoms. The lowest BCUT2D eigenvalue weighted by atomic mass is 10.1. The summed E-state index contributed by atoms with van der Waals surface area (Å²) < 4.78 is 11.3. The number of carbonyl (C=O) groups excluding carboxylic acids is 2. The molecule has 6 nitrogen and oxygen atoms in total. The van der Waals surface area contributed by atoms with E-state index in [1.165, 1.54) is 5.56 Å². The highest BCUT2D eigenvalue weighted by Gasteiger charge is 2.25. The lowest BCUT2D eigenvalue weighted by molar-refractivity contribution is -0.121. The second-order valence-electron chi connectivity index (χ2n) is 7.68. The predicted octanol–water partition coefficient (Wildman–Crippen LogP) is 4.17. The van der Waals surface area contributed by atoms with E-state index in [1.807, 2.05) is 45.0 Å². The van der Waals surface area contributed by atoms with Gasteiger partial charge >= 0.3 is 0 Å². The van der Waals surface area contributed by atoms with Gasteiger partial charge in [-0.3, -0.25) is 9.59 Å². The fourth-order valence-electron chi connectivity index (χ4n) is 3.16. The molecule has 0 fully saturated rings. The van der Waals surface area contributed by atoms with Gasteiger partial charge in [0.1, 0.15) is 11.5 Å². The highest BCUT2D eigenvalue weighted by molar-refractivity contribution is 5.99. The molecule has 0 unspecified atom stereocenters. The molecule has 0 spiro atoms. The monoisotopic (exact) mass is 396 g/mol. The quantitative estimate of drug-likeness (QED) is 0.680. The van der Waals surface area contributed by atoms with Crippen LogP contribution in [0.1, 0.15) is 32.3 Å². The fourth-order valence-corrected chi connectivity index (χ4v) is 3.16. The number of fused-ring (bicyclic) bond motifs is 1. The molecular formula is C23H28N2O4. The van der Waals surface area contributed by atoms with Gasteiger partial charge in [-0.15, -0.1) is 0 Å². The first-order valence-electron chi connectivity index (χ1n) is 9.99. The minimum Gasteiger partial charge on any atom is -0.494 e. The predicted molar refractivity (Wildman–Crippen MR) is 114 cm³/mol. The van der Waals surface area contributed by atoms with Crippen LogP contribution in [0, 0.1) is 12.8 Å². The van der Waals surface area contributed by atoms with E-state index >= 15 is 0 Å². The minimum absolute atomic E-state index is 0.0187. The first-order chi connectivity index (χ1) is 13.9. The van der Waals surface area contributed by atoms with Crippen LogP contribution in [0.3, 0.4) is 0 Å². The van der Waals surface area contributed by atoms with Crippen LogP contribution in [0.4, 0.5) is 11.4 Å². The second-order valence-corrected chi connectivity index (χ2v) is 7.68. The Morgan fingerprint density at radius 3 is 2.69 bits per heavy atom. The van der Waals surface area contributed by atoms with Gasteiger partial charge in [-0.2, -0.15) is 0 Å². The van der Waals surface area contributed by atoms with Crippen molar-refractivity contribution >= 4 is 23.2 Å². The maximum Gasteiger partial charge on any atom is 0.265 e. The van der Waals surface area contributed by atoms with Crippen LogP contribution in [0.5, 0.6) is 11.5 Å². The Balaban J connectivity index is 1.62. The van der Waals surface area contributed by atoms with E-state index in [0.717, 1.165) is 5.75 Å². The van der Waals surface area contributed by atoms with Crippen molar-refractivity contribution in [2.24, 2.45) is 5.92 Å². The molecule has 154 valence electrons. The van der Waals surface area contributed by atoms with Crippen molar-refractivity contribution in [3.05, 3.63) is 48.0 Å². The van der Waals surface area contributed by atoms with Gasteiger partial charge in [0.25, 0.3) is 5.91 Å². The van der Waals surface area contributed by atoms with Crippen LogP contribution < -0.4 is 19.7 Å². The number of amides is 2. The second kappa shape index (κ2) is 9.45. The van der Waals surface area contributed by atoms with Crippen molar-refractivity contribution in [3.8, 4) is 11.5 Å². The largest absolute Gasteiger partial charge is 0.494 e. The fraction of sp³-hybridized carbons (Fsp3) is 0.391. The summed E-state index contributed by atoms with van der Waals surface area (Å²) in [4.78, 5) is 26.2. The topological polar surface area (TPSA) is 67.9 Å². The molecule has 29 heavy (non-hydrogen) atoms. The van der Waals surface area contributed by atoms with Crippen LogP contribution in [0.25, 0.3) is 0 Å². The molecule has 0 saturated heterocycles. The number of nitrogens with zero attached hydrogens (tertiary/aromatic N) is 1. The average Bonchev–Trinajstić information content (AvgIpc) is 2.67. The van der Waals surface area contributed by atoms with Gasteiger partial charge in [0.15, 0.2) is 6.61 Å². The number of hydrogen-bond acceptors (Lipinski definition) is 4. The number of hydrogen-bond donors (Lipinski definition) is 1. The average molecular weight is 396 g/mol. The third kappa shape index (κ3) is 5.73. The zero-order chi connectivity index (χ0) is 20.8. The normalized spacial score (nSPS) is 13.1. The van der Waals surface area contributed by atoms with Crippen molar-refractivity contribution in [1.29, 1.82) is 0 Å². The smallest absolute Gasteiger partial charge is 0.265 e. The minimum atomic E-state index is -0.0986. The van der Waals surface area contributed by atoms with Crippen LogP contribution in [-0.4, -0.2) is 31.6 Å². The zero-order valence-corrected chi connectivity index (χ0v) is 17.2. The van der Waals surface area contributed by atoms with E-state index < -0.39 is 0 Å².